The predicted octanol–water partition coefficient (Wildman–Crippen LogP) is 2.26. The van der Waals surface area contributed by atoms with Gasteiger partial charge < -0.3 is 4.98 Å². The summed E-state index contributed by atoms with van der Waals surface area (Å²) in [5.41, 5.74) is 3.71. The fourth-order valence-corrected chi connectivity index (χ4v) is 1.34. The summed E-state index contributed by atoms with van der Waals surface area (Å²) in [6.07, 6.45) is 5.41. The second kappa shape index (κ2) is 3.35. The van der Waals surface area contributed by atoms with E-state index in [9.17, 15) is 0 Å². The lowest BCUT2D eigenvalue weighted by molar-refractivity contribution is 1.27. The van der Waals surface area contributed by atoms with Crippen LogP contribution in [0.1, 0.15) is 11.3 Å². The van der Waals surface area contributed by atoms with E-state index in [1.54, 1.807) is 12.4 Å². The van der Waals surface area contributed by atoms with Gasteiger partial charge in [0, 0.05) is 29.7 Å². The van der Waals surface area contributed by atoms with Crippen LogP contribution in [-0.2, 0) is 0 Å². The summed E-state index contributed by atoms with van der Waals surface area (Å²) in [5.74, 6) is 0. The number of hydrogen-bond donors (Lipinski definition) is 1. The smallest absolute Gasteiger partial charge is 0.118 e. The van der Waals surface area contributed by atoms with Crippen molar-refractivity contribution in [1.29, 1.82) is 5.26 Å². The highest BCUT2D eigenvalue weighted by Gasteiger charge is 2.01. The zero-order valence-corrected chi connectivity index (χ0v) is 7.78. The van der Waals surface area contributed by atoms with Gasteiger partial charge >= 0.3 is 0 Å². The number of aryl methyl sites for hydroxylation is 1. The molecular formula is C11H9N3. The lowest BCUT2D eigenvalue weighted by Gasteiger charge is -1.97. The first-order valence-corrected chi connectivity index (χ1v) is 4.30. The van der Waals surface area contributed by atoms with E-state index in [1.165, 1.54) is 0 Å². The average molecular weight is 183 g/mol. The van der Waals surface area contributed by atoms with Crippen LogP contribution in [0.4, 0.5) is 0 Å². The number of aromatic amines is 1. The van der Waals surface area contributed by atoms with Crippen LogP contribution in [0, 0.1) is 18.3 Å². The van der Waals surface area contributed by atoms with Gasteiger partial charge in [-0.2, -0.15) is 5.26 Å². The fraction of sp³-hybridized carbons (Fsp3) is 0.0909. The van der Waals surface area contributed by atoms with Crippen molar-refractivity contribution >= 4 is 0 Å². The largest absolute Gasteiger partial charge is 0.352 e. The molecule has 2 aromatic rings. The van der Waals surface area contributed by atoms with E-state index < -0.39 is 0 Å². The van der Waals surface area contributed by atoms with Gasteiger partial charge in [0.05, 0.1) is 0 Å². The molecule has 0 aliphatic carbocycles. The molecule has 0 spiro atoms. The topological polar surface area (TPSA) is 52.5 Å². The first-order chi connectivity index (χ1) is 6.79. The highest BCUT2D eigenvalue weighted by atomic mass is 14.7. The highest BCUT2D eigenvalue weighted by Crippen LogP contribution is 2.19. The van der Waals surface area contributed by atoms with Crippen LogP contribution >= 0.6 is 0 Å². The zero-order valence-electron chi connectivity index (χ0n) is 7.78. The third kappa shape index (κ3) is 1.50. The molecule has 68 valence electrons. The molecule has 0 aromatic carbocycles. The zero-order chi connectivity index (χ0) is 9.97. The molecule has 2 aromatic heterocycles. The van der Waals surface area contributed by atoms with E-state index in [2.05, 4.69) is 16.0 Å². The van der Waals surface area contributed by atoms with Crippen molar-refractivity contribution in [2.24, 2.45) is 0 Å². The number of hydrogen-bond acceptors (Lipinski definition) is 2. The maximum Gasteiger partial charge on any atom is 0.118 e. The molecule has 0 amide bonds. The summed E-state index contributed by atoms with van der Waals surface area (Å²) in [6.45, 7) is 1.99. The van der Waals surface area contributed by atoms with Crippen molar-refractivity contribution < 1.29 is 0 Å². The van der Waals surface area contributed by atoms with Crippen molar-refractivity contribution in [2.75, 3.05) is 0 Å². The maximum absolute atomic E-state index is 8.66. The average Bonchev–Trinajstić information content (AvgIpc) is 2.66. The van der Waals surface area contributed by atoms with Gasteiger partial charge in [0.2, 0.25) is 0 Å². The van der Waals surface area contributed by atoms with Gasteiger partial charge in [0.15, 0.2) is 0 Å². The Bertz CT molecular complexity index is 491. The summed E-state index contributed by atoms with van der Waals surface area (Å²) in [7, 11) is 0. The van der Waals surface area contributed by atoms with E-state index in [4.69, 9.17) is 5.26 Å². The monoisotopic (exact) mass is 183 g/mol. The highest BCUT2D eigenvalue weighted by molar-refractivity contribution is 5.63. The predicted molar refractivity (Wildman–Crippen MR) is 53.5 cm³/mol. The fourth-order valence-electron chi connectivity index (χ4n) is 1.34. The van der Waals surface area contributed by atoms with Crippen molar-refractivity contribution in [3.8, 4) is 17.2 Å². The van der Waals surface area contributed by atoms with Crippen LogP contribution in [0.15, 0.2) is 30.7 Å². The number of nitrogens with zero attached hydrogens (tertiary/aromatic N) is 2. The molecule has 0 radical (unpaired) electrons. The first kappa shape index (κ1) is 8.52. The summed E-state index contributed by atoms with van der Waals surface area (Å²) < 4.78 is 0. The number of pyridine rings is 1. The van der Waals surface area contributed by atoms with Crippen molar-refractivity contribution in [3.63, 3.8) is 0 Å². The minimum Gasteiger partial charge on any atom is -0.352 e. The lowest BCUT2D eigenvalue weighted by Crippen LogP contribution is -1.79. The third-order valence-corrected chi connectivity index (χ3v) is 2.01. The quantitative estimate of drug-likeness (QED) is 0.737. The molecule has 0 aliphatic rings. The summed E-state index contributed by atoms with van der Waals surface area (Å²) in [6, 6.07) is 5.91. The standard InChI is InChI=1S/C11H9N3/c1-8-2-9(6-13-5-8)10-3-11(4-12)14-7-10/h2-3,5-7,14H,1H3. The first-order valence-electron chi connectivity index (χ1n) is 4.30. The van der Waals surface area contributed by atoms with E-state index in [0.29, 0.717) is 5.69 Å². The maximum atomic E-state index is 8.66. The van der Waals surface area contributed by atoms with Crippen molar-refractivity contribution in [2.45, 2.75) is 6.92 Å². The van der Waals surface area contributed by atoms with Crippen molar-refractivity contribution in [3.05, 3.63) is 42.0 Å². The Labute approximate surface area is 82.0 Å². The van der Waals surface area contributed by atoms with E-state index in [1.807, 2.05) is 25.3 Å². The lowest BCUT2D eigenvalue weighted by atomic mass is 10.1. The number of nitriles is 1. The molecule has 2 rings (SSSR count). The Kier molecular flexibility index (Phi) is 2.04. The van der Waals surface area contributed by atoms with Gasteiger partial charge in [-0.15, -0.1) is 0 Å². The molecule has 0 saturated heterocycles. The molecule has 1 N–H and O–H groups in total. The minimum absolute atomic E-state index is 0.571. The number of aromatic nitrogens is 2. The molecule has 0 atom stereocenters. The Morgan fingerprint density at radius 3 is 2.79 bits per heavy atom. The van der Waals surface area contributed by atoms with Crippen LogP contribution in [-0.4, -0.2) is 9.97 Å². The summed E-state index contributed by atoms with van der Waals surface area (Å²) >= 11 is 0. The molecule has 0 fully saturated rings. The Balaban J connectivity index is 2.45. The summed E-state index contributed by atoms with van der Waals surface area (Å²) in [4.78, 5) is 6.98. The third-order valence-electron chi connectivity index (χ3n) is 2.01. The van der Waals surface area contributed by atoms with Gasteiger partial charge in [-0.25, -0.2) is 0 Å². The molecular weight excluding hydrogens is 174 g/mol. The van der Waals surface area contributed by atoms with Crippen LogP contribution < -0.4 is 0 Å². The molecule has 14 heavy (non-hydrogen) atoms. The van der Waals surface area contributed by atoms with Gasteiger partial charge in [0.25, 0.3) is 0 Å². The summed E-state index contributed by atoms with van der Waals surface area (Å²) in [5, 5.41) is 8.66. The van der Waals surface area contributed by atoms with Gasteiger partial charge in [-0.3, -0.25) is 4.98 Å². The Hall–Kier alpha value is -2.08. The molecule has 0 bridgehead atoms. The molecule has 2 heterocycles. The molecule has 0 saturated carbocycles. The van der Waals surface area contributed by atoms with E-state index >= 15 is 0 Å². The Morgan fingerprint density at radius 2 is 2.14 bits per heavy atom. The molecule has 0 unspecified atom stereocenters. The molecule has 3 heteroatoms. The van der Waals surface area contributed by atoms with E-state index in [0.717, 1.165) is 16.7 Å². The molecule has 0 aliphatic heterocycles. The second-order valence-electron chi connectivity index (χ2n) is 3.16. The van der Waals surface area contributed by atoms with Gasteiger partial charge in [-0.05, 0) is 24.6 Å². The Morgan fingerprint density at radius 1 is 1.29 bits per heavy atom. The second-order valence-corrected chi connectivity index (χ2v) is 3.16. The van der Waals surface area contributed by atoms with Gasteiger partial charge in [-0.1, -0.05) is 0 Å². The minimum atomic E-state index is 0.571. The van der Waals surface area contributed by atoms with Crippen LogP contribution in [0.3, 0.4) is 0 Å². The SMILES string of the molecule is Cc1cncc(-c2c[nH]c(C#N)c2)c1. The van der Waals surface area contributed by atoms with Crippen LogP contribution in [0.25, 0.3) is 11.1 Å². The van der Waals surface area contributed by atoms with Crippen molar-refractivity contribution in [1.82, 2.24) is 9.97 Å². The van der Waals surface area contributed by atoms with Crippen LogP contribution in [0.2, 0.25) is 0 Å². The number of nitrogens with one attached hydrogen (secondary N) is 1. The molecule has 3 nitrogen and oxygen atoms in total. The van der Waals surface area contributed by atoms with Gasteiger partial charge in [0.1, 0.15) is 11.8 Å². The normalized spacial score (nSPS) is 9.71. The number of H-pyrrole nitrogens is 1. The number of rotatable bonds is 1. The van der Waals surface area contributed by atoms with E-state index in [-0.39, 0.29) is 0 Å². The van der Waals surface area contributed by atoms with Crippen LogP contribution in [0.5, 0.6) is 0 Å².